The molecule has 29 heavy (non-hydrogen) atoms. The van der Waals surface area contributed by atoms with E-state index in [9.17, 15) is 4.79 Å². The fourth-order valence-corrected chi connectivity index (χ4v) is 4.05. The van der Waals surface area contributed by atoms with Gasteiger partial charge < -0.3 is 14.2 Å². The van der Waals surface area contributed by atoms with Crippen LogP contribution < -0.4 is 4.74 Å². The van der Waals surface area contributed by atoms with Crippen molar-refractivity contribution in [2.24, 2.45) is 0 Å². The van der Waals surface area contributed by atoms with Crippen molar-refractivity contribution in [2.75, 3.05) is 19.7 Å². The molecule has 0 saturated carbocycles. The van der Waals surface area contributed by atoms with E-state index in [2.05, 4.69) is 60.7 Å². The highest BCUT2D eigenvalue weighted by Crippen LogP contribution is 2.31. The van der Waals surface area contributed by atoms with Crippen LogP contribution in [0.5, 0.6) is 5.88 Å². The predicted octanol–water partition coefficient (Wildman–Crippen LogP) is 4.43. The lowest BCUT2D eigenvalue weighted by Gasteiger charge is -2.16. The third-order valence-corrected chi connectivity index (χ3v) is 5.71. The summed E-state index contributed by atoms with van der Waals surface area (Å²) in [6.07, 6.45) is 3.41. The van der Waals surface area contributed by atoms with E-state index in [4.69, 9.17) is 4.74 Å². The highest BCUT2D eigenvalue weighted by atomic mass is 35.5. The van der Waals surface area contributed by atoms with E-state index in [1.165, 1.54) is 27.8 Å². The molecule has 5 nitrogen and oxygen atoms in total. The molecule has 1 aliphatic rings. The van der Waals surface area contributed by atoms with Gasteiger partial charge in [0.05, 0.1) is 6.54 Å². The Hall–Kier alpha value is -2.53. The molecule has 0 atom stereocenters. The summed E-state index contributed by atoms with van der Waals surface area (Å²) in [6.45, 7) is 9.12. The third kappa shape index (κ3) is 4.25. The number of pyridine rings is 1. The average Bonchev–Trinajstić information content (AvgIpc) is 3.19. The molecule has 2 aromatic heterocycles. The first-order valence-electron chi connectivity index (χ1n) is 9.95. The highest BCUT2D eigenvalue weighted by Gasteiger charge is 2.21. The number of nitrogens with zero attached hydrogens (tertiary/aromatic N) is 3. The SMILES string of the molecule is Cc1cccc(Cn2c(C)c(C)c3ccnc(OCCN4CCCC4=O)c32)c1.Cl. The van der Waals surface area contributed by atoms with Crippen molar-refractivity contribution in [3.63, 3.8) is 0 Å². The quantitative estimate of drug-likeness (QED) is 0.600. The van der Waals surface area contributed by atoms with Gasteiger partial charge in [0.2, 0.25) is 11.8 Å². The fourth-order valence-electron chi connectivity index (χ4n) is 4.05. The van der Waals surface area contributed by atoms with E-state index in [0.717, 1.165) is 25.0 Å². The number of ether oxygens (including phenoxy) is 1. The van der Waals surface area contributed by atoms with Crippen molar-refractivity contribution < 1.29 is 9.53 Å². The molecule has 0 spiro atoms. The standard InChI is InChI=1S/C23H27N3O2.ClH/c1-16-6-4-7-19(14-16)15-26-18(3)17(2)20-9-10-24-23(22(20)26)28-13-12-25-11-5-8-21(25)27;/h4,6-7,9-10,14H,5,8,11-13,15H2,1-3H3;1H. The van der Waals surface area contributed by atoms with Crippen LogP contribution in [0.1, 0.15) is 35.2 Å². The van der Waals surface area contributed by atoms with E-state index >= 15 is 0 Å². The molecule has 3 aromatic rings. The molecule has 0 unspecified atom stereocenters. The third-order valence-electron chi connectivity index (χ3n) is 5.71. The predicted molar refractivity (Wildman–Crippen MR) is 118 cm³/mol. The van der Waals surface area contributed by atoms with Crippen LogP contribution in [0.2, 0.25) is 0 Å². The Balaban J connectivity index is 0.00000240. The van der Waals surface area contributed by atoms with Gasteiger partial charge >= 0.3 is 0 Å². The van der Waals surface area contributed by atoms with Gasteiger partial charge in [-0.15, -0.1) is 12.4 Å². The molecule has 0 N–H and O–H groups in total. The smallest absolute Gasteiger partial charge is 0.238 e. The van der Waals surface area contributed by atoms with Crippen LogP contribution in [-0.2, 0) is 11.3 Å². The first-order chi connectivity index (χ1) is 13.5. The molecule has 1 fully saturated rings. The number of benzene rings is 1. The Morgan fingerprint density at radius 1 is 1.17 bits per heavy atom. The van der Waals surface area contributed by atoms with Gasteiger partial charge in [0, 0.05) is 36.8 Å². The Bertz CT molecular complexity index is 1030. The second-order valence-corrected chi connectivity index (χ2v) is 7.63. The zero-order valence-electron chi connectivity index (χ0n) is 17.3. The van der Waals surface area contributed by atoms with Gasteiger partial charge in [-0.05, 0) is 44.4 Å². The molecule has 4 rings (SSSR count). The summed E-state index contributed by atoms with van der Waals surface area (Å²) in [4.78, 5) is 18.2. The number of amides is 1. The van der Waals surface area contributed by atoms with E-state index < -0.39 is 0 Å². The molecule has 0 bridgehead atoms. The Labute approximate surface area is 178 Å². The van der Waals surface area contributed by atoms with E-state index in [-0.39, 0.29) is 18.3 Å². The Morgan fingerprint density at radius 3 is 2.72 bits per heavy atom. The molecule has 6 heteroatoms. The molecule has 1 amide bonds. The Morgan fingerprint density at radius 2 is 2.00 bits per heavy atom. The van der Waals surface area contributed by atoms with Crippen LogP contribution in [0.15, 0.2) is 36.5 Å². The summed E-state index contributed by atoms with van der Waals surface area (Å²) in [5.41, 5.74) is 6.03. The lowest BCUT2D eigenvalue weighted by molar-refractivity contribution is -0.128. The number of carbonyl (C=O) groups is 1. The van der Waals surface area contributed by atoms with Crippen LogP contribution in [0.4, 0.5) is 0 Å². The van der Waals surface area contributed by atoms with Gasteiger partial charge in [-0.25, -0.2) is 4.98 Å². The number of aryl methyl sites for hydroxylation is 2. The lowest BCUT2D eigenvalue weighted by atomic mass is 10.1. The molecule has 1 aliphatic heterocycles. The number of hydrogen-bond acceptors (Lipinski definition) is 3. The van der Waals surface area contributed by atoms with Crippen molar-refractivity contribution in [1.82, 2.24) is 14.5 Å². The molecular weight excluding hydrogens is 386 g/mol. The number of rotatable bonds is 6. The summed E-state index contributed by atoms with van der Waals surface area (Å²) < 4.78 is 8.37. The monoisotopic (exact) mass is 413 g/mol. The minimum Gasteiger partial charge on any atom is -0.474 e. The summed E-state index contributed by atoms with van der Waals surface area (Å²) in [7, 11) is 0. The summed E-state index contributed by atoms with van der Waals surface area (Å²) in [5.74, 6) is 0.872. The second kappa shape index (κ2) is 8.87. The number of likely N-dealkylation sites (tertiary alicyclic amines) is 1. The van der Waals surface area contributed by atoms with E-state index in [1.807, 2.05) is 11.1 Å². The molecule has 0 radical (unpaired) electrons. The maximum absolute atomic E-state index is 11.8. The number of aromatic nitrogens is 2. The maximum Gasteiger partial charge on any atom is 0.238 e. The maximum atomic E-state index is 11.8. The molecule has 1 saturated heterocycles. The van der Waals surface area contributed by atoms with Crippen molar-refractivity contribution in [1.29, 1.82) is 0 Å². The van der Waals surface area contributed by atoms with Crippen LogP contribution in [0.3, 0.4) is 0 Å². The summed E-state index contributed by atoms with van der Waals surface area (Å²) in [5, 5.41) is 1.17. The minimum absolute atomic E-state index is 0. The molecule has 0 aliphatic carbocycles. The van der Waals surface area contributed by atoms with Gasteiger partial charge in [-0.2, -0.15) is 0 Å². The minimum atomic E-state index is 0. The second-order valence-electron chi connectivity index (χ2n) is 7.63. The van der Waals surface area contributed by atoms with Crippen LogP contribution >= 0.6 is 12.4 Å². The number of carbonyl (C=O) groups excluding carboxylic acids is 1. The van der Waals surface area contributed by atoms with Crippen LogP contribution in [0.25, 0.3) is 10.9 Å². The van der Waals surface area contributed by atoms with Crippen LogP contribution in [-0.4, -0.2) is 40.1 Å². The van der Waals surface area contributed by atoms with Crippen LogP contribution in [0, 0.1) is 20.8 Å². The van der Waals surface area contributed by atoms with Gasteiger partial charge in [0.25, 0.3) is 0 Å². The zero-order valence-corrected chi connectivity index (χ0v) is 18.1. The van der Waals surface area contributed by atoms with Crippen molar-refractivity contribution in [3.05, 3.63) is 58.9 Å². The van der Waals surface area contributed by atoms with Crippen molar-refractivity contribution in [3.8, 4) is 5.88 Å². The summed E-state index contributed by atoms with van der Waals surface area (Å²) >= 11 is 0. The fraction of sp³-hybridized carbons (Fsp3) is 0.391. The largest absolute Gasteiger partial charge is 0.474 e. The van der Waals surface area contributed by atoms with Gasteiger partial charge in [-0.1, -0.05) is 29.8 Å². The number of halogens is 1. The first-order valence-corrected chi connectivity index (χ1v) is 9.95. The van der Waals surface area contributed by atoms with Crippen molar-refractivity contribution in [2.45, 2.75) is 40.2 Å². The van der Waals surface area contributed by atoms with Gasteiger partial charge in [0.1, 0.15) is 12.1 Å². The number of fused-ring (bicyclic) bond motifs is 1. The van der Waals surface area contributed by atoms with Gasteiger partial charge in [-0.3, -0.25) is 4.79 Å². The molecular formula is C23H28ClN3O2. The normalized spacial score (nSPS) is 13.8. The molecule has 3 heterocycles. The summed E-state index contributed by atoms with van der Waals surface area (Å²) in [6, 6.07) is 10.6. The molecule has 1 aromatic carbocycles. The number of hydrogen-bond donors (Lipinski definition) is 0. The van der Waals surface area contributed by atoms with Gasteiger partial charge in [0.15, 0.2) is 0 Å². The van der Waals surface area contributed by atoms with E-state index in [0.29, 0.717) is 25.5 Å². The zero-order chi connectivity index (χ0) is 19.7. The highest BCUT2D eigenvalue weighted by molar-refractivity contribution is 5.89. The lowest BCUT2D eigenvalue weighted by Crippen LogP contribution is -2.29. The average molecular weight is 414 g/mol. The van der Waals surface area contributed by atoms with E-state index in [1.54, 1.807) is 0 Å². The topological polar surface area (TPSA) is 47.4 Å². The first kappa shape index (κ1) is 21.2. The van der Waals surface area contributed by atoms with Crippen molar-refractivity contribution >= 4 is 29.2 Å². The Kier molecular flexibility index (Phi) is 6.48. The molecule has 154 valence electrons.